The van der Waals surface area contributed by atoms with Gasteiger partial charge >= 0.3 is 0 Å². The van der Waals surface area contributed by atoms with Crippen molar-refractivity contribution in [1.29, 1.82) is 0 Å². The fourth-order valence-electron chi connectivity index (χ4n) is 2.49. The highest BCUT2D eigenvalue weighted by Crippen LogP contribution is 2.36. The van der Waals surface area contributed by atoms with Gasteiger partial charge < -0.3 is 9.47 Å². The molecule has 6 nitrogen and oxygen atoms in total. The van der Waals surface area contributed by atoms with Crippen LogP contribution in [-0.4, -0.2) is 18.2 Å². The molecule has 0 aliphatic rings. The van der Waals surface area contributed by atoms with E-state index >= 15 is 0 Å². The van der Waals surface area contributed by atoms with Crippen molar-refractivity contribution in [2.24, 2.45) is 0 Å². The molecule has 3 aromatic rings. The Balaban J connectivity index is 1.77. The van der Waals surface area contributed by atoms with E-state index in [1.165, 1.54) is 7.11 Å². The molecular weight excluding hydrogens is 380 g/mol. The Morgan fingerprint density at radius 1 is 0.893 bits per heavy atom. The molecule has 0 aliphatic carbocycles. The van der Waals surface area contributed by atoms with Crippen LogP contribution >= 0.6 is 12.0 Å². The highest BCUT2D eigenvalue weighted by molar-refractivity contribution is 7.94. The van der Waals surface area contributed by atoms with Crippen molar-refractivity contribution in [1.82, 2.24) is 0 Å². The molecule has 0 unspecified atom stereocenters. The average molecular weight is 398 g/mol. The molecule has 0 fully saturated rings. The summed E-state index contributed by atoms with van der Waals surface area (Å²) in [5.74, 6) is 1.55. The predicted octanol–water partition coefficient (Wildman–Crippen LogP) is 5.46. The average Bonchev–Trinajstić information content (AvgIpc) is 2.73. The Hall–Kier alpha value is -2.84. The van der Waals surface area contributed by atoms with Crippen molar-refractivity contribution >= 4 is 17.8 Å². The first kappa shape index (κ1) is 19.9. The van der Waals surface area contributed by atoms with E-state index in [0.717, 1.165) is 17.6 Å². The monoisotopic (exact) mass is 398 g/mol. The molecule has 0 bridgehead atoms. The molecule has 7 heteroatoms. The molecule has 0 saturated heterocycles. The standard InChI is InChI=1S/C21H18O6S/c1-14-3-5-15(6-4-14)21(22)16-7-9-17(10-8-16)25-19-12-11-18(24-2)13-20(19)28-27-26-23/h3-13,23H,1-2H3. The number of hydrogen-bond donors (Lipinski definition) is 1. The highest BCUT2D eigenvalue weighted by atomic mass is 32.2. The van der Waals surface area contributed by atoms with Crippen LogP contribution in [0.5, 0.6) is 17.2 Å². The van der Waals surface area contributed by atoms with Crippen LogP contribution in [0.15, 0.2) is 71.6 Å². The zero-order valence-electron chi connectivity index (χ0n) is 15.2. The fourth-order valence-corrected chi connectivity index (χ4v) is 2.95. The first-order valence-corrected chi connectivity index (χ1v) is 9.07. The number of hydrogen-bond acceptors (Lipinski definition) is 7. The summed E-state index contributed by atoms with van der Waals surface area (Å²) in [4.78, 5) is 13.1. The SMILES string of the molecule is COc1ccc(Oc2ccc(C(=O)c3ccc(C)cc3)cc2)c(SOOO)c1. The number of carbonyl (C=O) groups excluding carboxylic acids is 1. The predicted molar refractivity (Wildman–Crippen MR) is 105 cm³/mol. The zero-order chi connectivity index (χ0) is 19.9. The van der Waals surface area contributed by atoms with Gasteiger partial charge in [-0.3, -0.25) is 4.79 Å². The van der Waals surface area contributed by atoms with Gasteiger partial charge in [-0.05, 0) is 49.4 Å². The summed E-state index contributed by atoms with van der Waals surface area (Å²) in [6.45, 7) is 1.98. The molecule has 0 amide bonds. The first-order chi connectivity index (χ1) is 13.6. The first-order valence-electron chi connectivity index (χ1n) is 8.33. The lowest BCUT2D eigenvalue weighted by molar-refractivity contribution is -0.432. The Morgan fingerprint density at radius 3 is 2.11 bits per heavy atom. The van der Waals surface area contributed by atoms with Crippen LogP contribution in [0.3, 0.4) is 0 Å². The number of aryl methyl sites for hydroxylation is 1. The van der Waals surface area contributed by atoms with E-state index in [1.807, 2.05) is 31.2 Å². The molecule has 28 heavy (non-hydrogen) atoms. The second kappa shape index (κ2) is 9.38. The van der Waals surface area contributed by atoms with E-state index in [-0.39, 0.29) is 5.78 Å². The molecule has 0 saturated carbocycles. The molecule has 144 valence electrons. The second-order valence-corrected chi connectivity index (χ2v) is 6.60. The highest BCUT2D eigenvalue weighted by Gasteiger charge is 2.12. The molecule has 3 aromatic carbocycles. The second-order valence-electron chi connectivity index (χ2n) is 5.86. The van der Waals surface area contributed by atoms with Gasteiger partial charge in [-0.15, -0.1) is 4.33 Å². The number of methoxy groups -OCH3 is 1. The molecule has 0 spiro atoms. The topological polar surface area (TPSA) is 74.2 Å². The molecule has 0 aliphatic heterocycles. The summed E-state index contributed by atoms with van der Waals surface area (Å²) in [7, 11) is 1.54. The molecule has 0 radical (unpaired) electrons. The van der Waals surface area contributed by atoms with Crippen LogP contribution in [0.2, 0.25) is 0 Å². The Bertz CT molecular complexity index is 938. The summed E-state index contributed by atoms with van der Waals surface area (Å²) in [6, 6.07) is 19.4. The zero-order valence-corrected chi connectivity index (χ0v) is 16.1. The van der Waals surface area contributed by atoms with E-state index in [1.54, 1.807) is 42.5 Å². The maximum Gasteiger partial charge on any atom is 0.193 e. The van der Waals surface area contributed by atoms with Crippen LogP contribution in [0.1, 0.15) is 21.5 Å². The third kappa shape index (κ3) is 4.90. The molecule has 0 heterocycles. The number of ketones is 1. The van der Waals surface area contributed by atoms with Gasteiger partial charge in [0.25, 0.3) is 0 Å². The van der Waals surface area contributed by atoms with Gasteiger partial charge in [0.1, 0.15) is 17.2 Å². The minimum absolute atomic E-state index is 0.0549. The number of carbonyl (C=O) groups is 1. The lowest BCUT2D eigenvalue weighted by Gasteiger charge is -2.11. The number of ether oxygens (including phenoxy) is 2. The van der Waals surface area contributed by atoms with E-state index in [2.05, 4.69) is 9.37 Å². The maximum atomic E-state index is 12.6. The quantitative estimate of drug-likeness (QED) is 0.234. The summed E-state index contributed by atoms with van der Waals surface area (Å²) in [5, 5.41) is 12.0. The molecule has 1 N–H and O–H groups in total. The molecule has 0 atom stereocenters. The van der Waals surface area contributed by atoms with Gasteiger partial charge in [-0.25, -0.2) is 5.26 Å². The fraction of sp³-hybridized carbons (Fsp3) is 0.0952. The number of rotatable bonds is 8. The van der Waals surface area contributed by atoms with Crippen LogP contribution in [0.25, 0.3) is 0 Å². The van der Waals surface area contributed by atoms with Crippen molar-refractivity contribution in [3.63, 3.8) is 0 Å². The lowest BCUT2D eigenvalue weighted by Crippen LogP contribution is -2.01. The van der Waals surface area contributed by atoms with E-state index in [0.29, 0.717) is 33.3 Å². The van der Waals surface area contributed by atoms with E-state index in [9.17, 15) is 4.79 Å². The smallest absolute Gasteiger partial charge is 0.193 e. The largest absolute Gasteiger partial charge is 0.497 e. The van der Waals surface area contributed by atoms with Crippen molar-refractivity contribution in [3.05, 3.63) is 83.4 Å². The summed E-state index contributed by atoms with van der Waals surface area (Å²) < 4.78 is 15.5. The van der Waals surface area contributed by atoms with Gasteiger partial charge in [-0.2, -0.15) is 0 Å². The lowest BCUT2D eigenvalue weighted by atomic mass is 10.0. The molecular formula is C21H18O6S. The van der Waals surface area contributed by atoms with Crippen molar-refractivity contribution in [2.45, 2.75) is 11.8 Å². The minimum atomic E-state index is -0.0549. The Kier molecular flexibility index (Phi) is 6.67. The van der Waals surface area contributed by atoms with E-state index < -0.39 is 0 Å². The Labute approximate surface area is 166 Å². The van der Waals surface area contributed by atoms with E-state index in [4.69, 9.17) is 14.7 Å². The number of benzene rings is 3. The van der Waals surface area contributed by atoms with Crippen molar-refractivity contribution in [3.8, 4) is 17.2 Å². The van der Waals surface area contributed by atoms with Gasteiger partial charge in [0.05, 0.1) is 24.0 Å². The van der Waals surface area contributed by atoms with Crippen LogP contribution in [-0.2, 0) is 9.37 Å². The normalized spacial score (nSPS) is 10.5. The maximum absolute atomic E-state index is 12.6. The summed E-state index contributed by atoms with van der Waals surface area (Å²) in [5.41, 5.74) is 2.30. The van der Waals surface area contributed by atoms with Crippen LogP contribution in [0, 0.1) is 6.92 Å². The minimum Gasteiger partial charge on any atom is -0.497 e. The molecule has 3 rings (SSSR count). The van der Waals surface area contributed by atoms with Gasteiger partial charge in [0.15, 0.2) is 5.78 Å². The summed E-state index contributed by atoms with van der Waals surface area (Å²) >= 11 is 0.771. The van der Waals surface area contributed by atoms with Gasteiger partial charge in [-0.1, -0.05) is 34.9 Å². The van der Waals surface area contributed by atoms with Crippen molar-refractivity contribution in [2.75, 3.05) is 7.11 Å². The van der Waals surface area contributed by atoms with Crippen molar-refractivity contribution < 1.29 is 28.9 Å². The van der Waals surface area contributed by atoms with Gasteiger partial charge in [0, 0.05) is 11.1 Å². The third-order valence-electron chi connectivity index (χ3n) is 3.96. The van der Waals surface area contributed by atoms with Crippen LogP contribution < -0.4 is 9.47 Å². The van der Waals surface area contributed by atoms with Gasteiger partial charge in [0.2, 0.25) is 0 Å². The third-order valence-corrected chi connectivity index (χ3v) is 4.59. The molecule has 0 aromatic heterocycles. The Morgan fingerprint density at radius 2 is 1.50 bits per heavy atom. The van der Waals surface area contributed by atoms with Crippen LogP contribution in [0.4, 0.5) is 0 Å². The summed E-state index contributed by atoms with van der Waals surface area (Å²) in [6.07, 6.45) is 0.